The summed E-state index contributed by atoms with van der Waals surface area (Å²) in [4.78, 5) is 28.0. The zero-order valence-corrected chi connectivity index (χ0v) is 12.7. The van der Waals surface area contributed by atoms with Crippen LogP contribution in [0.4, 0.5) is 4.79 Å². The van der Waals surface area contributed by atoms with Crippen LogP contribution in [0.2, 0.25) is 0 Å². The fourth-order valence-electron chi connectivity index (χ4n) is 3.10. The number of nitrogens with one attached hydrogen (secondary N) is 1. The summed E-state index contributed by atoms with van der Waals surface area (Å²) < 4.78 is 5.32. The van der Waals surface area contributed by atoms with Gasteiger partial charge in [0.2, 0.25) is 0 Å². The molecule has 0 radical (unpaired) electrons. The van der Waals surface area contributed by atoms with E-state index in [0.717, 1.165) is 32.1 Å². The van der Waals surface area contributed by atoms with Crippen LogP contribution in [0.25, 0.3) is 0 Å². The first-order valence-electron chi connectivity index (χ1n) is 7.83. The average molecular weight is 295 g/mol. The second-order valence-electron chi connectivity index (χ2n) is 6.40. The predicted molar refractivity (Wildman–Crippen MR) is 78.2 cm³/mol. The number of amides is 1. The fourth-order valence-corrected chi connectivity index (χ4v) is 3.10. The molecule has 2 rings (SSSR count). The van der Waals surface area contributed by atoms with Crippen LogP contribution < -0.4 is 5.48 Å². The van der Waals surface area contributed by atoms with Crippen molar-refractivity contribution in [2.45, 2.75) is 63.9 Å². The monoisotopic (exact) mass is 295 g/mol. The Kier molecular flexibility index (Phi) is 5.26. The summed E-state index contributed by atoms with van der Waals surface area (Å²) in [6, 6.07) is 0. The molecule has 2 saturated carbocycles. The molecule has 2 aliphatic carbocycles. The molecule has 0 bridgehead atoms. The number of ether oxygens (including phenoxy) is 1. The highest BCUT2D eigenvalue weighted by molar-refractivity contribution is 5.73. The second-order valence-corrected chi connectivity index (χ2v) is 6.40. The number of allylic oxidation sites excluding steroid dienone is 1. The van der Waals surface area contributed by atoms with E-state index >= 15 is 0 Å². The van der Waals surface area contributed by atoms with E-state index in [4.69, 9.17) is 9.57 Å². The van der Waals surface area contributed by atoms with Gasteiger partial charge >= 0.3 is 12.1 Å². The lowest BCUT2D eigenvalue weighted by Crippen LogP contribution is -2.32. The van der Waals surface area contributed by atoms with E-state index < -0.39 is 11.7 Å². The Bertz CT molecular complexity index is 403. The Labute approximate surface area is 126 Å². The smallest absolute Gasteiger partial charge is 0.441 e. The van der Waals surface area contributed by atoms with Gasteiger partial charge in [-0.25, -0.2) is 9.59 Å². The van der Waals surface area contributed by atoms with Crippen LogP contribution in [0.1, 0.15) is 58.3 Å². The molecular weight excluding hydrogens is 270 g/mol. The minimum absolute atomic E-state index is 0.371. The summed E-state index contributed by atoms with van der Waals surface area (Å²) in [5, 5.41) is 0. The van der Waals surface area contributed by atoms with Crippen molar-refractivity contribution in [2.75, 3.05) is 0 Å². The number of hydrogen-bond donors (Lipinski definition) is 1. The quantitative estimate of drug-likeness (QED) is 0.601. The van der Waals surface area contributed by atoms with E-state index in [-0.39, 0.29) is 5.97 Å². The van der Waals surface area contributed by atoms with Crippen LogP contribution in [-0.2, 0) is 14.4 Å². The average Bonchev–Trinajstić information content (AvgIpc) is 2.85. The van der Waals surface area contributed by atoms with Crippen molar-refractivity contribution in [3.05, 3.63) is 12.7 Å². The van der Waals surface area contributed by atoms with Gasteiger partial charge in [0.05, 0.1) is 6.42 Å². The number of carbonyl (C=O) groups is 2. The summed E-state index contributed by atoms with van der Waals surface area (Å²) in [5.41, 5.74) is 1.67. The summed E-state index contributed by atoms with van der Waals surface area (Å²) in [6.07, 6.45) is 8.79. The van der Waals surface area contributed by atoms with Gasteiger partial charge in [-0.05, 0) is 44.9 Å². The molecule has 5 heteroatoms. The highest BCUT2D eigenvalue weighted by Crippen LogP contribution is 2.49. The fraction of sp³-hybridized carbons (Fsp3) is 0.750. The molecule has 2 atom stereocenters. The molecule has 0 spiro atoms. The van der Waals surface area contributed by atoms with Crippen molar-refractivity contribution in [3.8, 4) is 0 Å². The van der Waals surface area contributed by atoms with Crippen LogP contribution in [0.15, 0.2) is 12.7 Å². The van der Waals surface area contributed by atoms with Crippen molar-refractivity contribution in [1.29, 1.82) is 0 Å². The molecule has 0 aliphatic heterocycles. The molecule has 21 heavy (non-hydrogen) atoms. The first kappa shape index (κ1) is 15.9. The standard InChI is InChI=1S/C16H25NO4/c1-3-4-9-13-11-16(13,2)20-15(19)17-21-14(18)10-12-7-5-6-8-12/h3,12-13H,1,4-11H2,2H3,(H,17,19)/t13-,16-/m0/s1. The third-order valence-corrected chi connectivity index (χ3v) is 4.58. The van der Waals surface area contributed by atoms with Gasteiger partial charge in [-0.1, -0.05) is 18.9 Å². The highest BCUT2D eigenvalue weighted by atomic mass is 16.7. The van der Waals surface area contributed by atoms with E-state index in [1.54, 1.807) is 0 Å². The first-order chi connectivity index (χ1) is 10.0. The minimum atomic E-state index is -0.682. The second kappa shape index (κ2) is 6.96. The maximum absolute atomic E-state index is 11.6. The van der Waals surface area contributed by atoms with E-state index in [2.05, 4.69) is 12.1 Å². The van der Waals surface area contributed by atoms with Crippen molar-refractivity contribution >= 4 is 12.1 Å². The lowest BCUT2D eigenvalue weighted by atomic mass is 10.1. The lowest BCUT2D eigenvalue weighted by molar-refractivity contribution is -0.151. The Morgan fingerprint density at radius 2 is 2.10 bits per heavy atom. The summed E-state index contributed by atoms with van der Waals surface area (Å²) in [6.45, 7) is 5.59. The zero-order chi connectivity index (χ0) is 15.3. The molecule has 0 unspecified atom stereocenters. The van der Waals surface area contributed by atoms with Gasteiger partial charge in [0.25, 0.3) is 0 Å². The molecule has 2 fully saturated rings. The number of carbonyl (C=O) groups excluding carboxylic acids is 2. The molecule has 1 amide bonds. The maximum Gasteiger partial charge on any atom is 0.441 e. The molecule has 5 nitrogen and oxygen atoms in total. The molecule has 118 valence electrons. The molecular formula is C16H25NO4. The Morgan fingerprint density at radius 1 is 1.38 bits per heavy atom. The molecule has 0 heterocycles. The van der Waals surface area contributed by atoms with Crippen molar-refractivity contribution in [2.24, 2.45) is 11.8 Å². The SMILES string of the molecule is C=CCC[C@H]1C[C@]1(C)OC(=O)NOC(=O)CC1CCCC1. The van der Waals surface area contributed by atoms with Gasteiger partial charge < -0.3 is 9.57 Å². The largest absolute Gasteiger partial charge is 0.441 e. The van der Waals surface area contributed by atoms with Crippen molar-refractivity contribution in [1.82, 2.24) is 5.48 Å². The Hall–Kier alpha value is -1.52. The summed E-state index contributed by atoms with van der Waals surface area (Å²) in [7, 11) is 0. The van der Waals surface area contributed by atoms with E-state index in [1.807, 2.05) is 13.0 Å². The molecule has 2 aliphatic rings. The van der Waals surface area contributed by atoms with Gasteiger partial charge in [0.15, 0.2) is 0 Å². The number of rotatable bonds is 6. The first-order valence-corrected chi connectivity index (χ1v) is 7.83. The van der Waals surface area contributed by atoms with Gasteiger partial charge in [-0.2, -0.15) is 0 Å². The topological polar surface area (TPSA) is 64.6 Å². The molecule has 0 aromatic heterocycles. The Balaban J connectivity index is 1.61. The van der Waals surface area contributed by atoms with Crippen LogP contribution in [0, 0.1) is 11.8 Å². The van der Waals surface area contributed by atoms with Crippen LogP contribution in [0.3, 0.4) is 0 Å². The zero-order valence-electron chi connectivity index (χ0n) is 12.7. The van der Waals surface area contributed by atoms with Crippen molar-refractivity contribution in [3.63, 3.8) is 0 Å². The predicted octanol–water partition coefficient (Wildman–Crippen LogP) is 3.50. The molecule has 0 aromatic carbocycles. The van der Waals surface area contributed by atoms with Gasteiger partial charge in [-0.3, -0.25) is 0 Å². The number of hydroxylamine groups is 1. The van der Waals surface area contributed by atoms with E-state index in [1.165, 1.54) is 12.8 Å². The van der Waals surface area contributed by atoms with Crippen LogP contribution in [-0.4, -0.2) is 17.7 Å². The van der Waals surface area contributed by atoms with Gasteiger partial charge in [0, 0.05) is 5.92 Å². The third-order valence-electron chi connectivity index (χ3n) is 4.58. The number of hydrogen-bond acceptors (Lipinski definition) is 4. The highest BCUT2D eigenvalue weighted by Gasteiger charge is 2.53. The molecule has 0 aromatic rings. The van der Waals surface area contributed by atoms with Crippen LogP contribution >= 0.6 is 0 Å². The maximum atomic E-state index is 11.6. The third kappa shape index (κ3) is 4.76. The van der Waals surface area contributed by atoms with Gasteiger partial charge in [-0.15, -0.1) is 12.1 Å². The van der Waals surface area contributed by atoms with E-state index in [0.29, 0.717) is 18.3 Å². The normalized spacial score (nSPS) is 28.0. The minimum Gasteiger partial charge on any atom is -0.441 e. The lowest BCUT2D eigenvalue weighted by Gasteiger charge is -2.14. The van der Waals surface area contributed by atoms with E-state index in [9.17, 15) is 9.59 Å². The van der Waals surface area contributed by atoms with Crippen LogP contribution in [0.5, 0.6) is 0 Å². The Morgan fingerprint density at radius 3 is 2.76 bits per heavy atom. The summed E-state index contributed by atoms with van der Waals surface area (Å²) >= 11 is 0. The molecule has 1 N–H and O–H groups in total. The summed E-state index contributed by atoms with van der Waals surface area (Å²) in [5.74, 6) is 0.387. The van der Waals surface area contributed by atoms with Gasteiger partial charge in [0.1, 0.15) is 5.60 Å². The van der Waals surface area contributed by atoms with Crippen molar-refractivity contribution < 1.29 is 19.2 Å². The molecule has 0 saturated heterocycles.